The smallest absolute Gasteiger partial charge is 0.357 e. The number of fused-ring (bicyclic) bond motifs is 3. The number of carbonyl (C=O) groups is 1. The molecule has 0 aliphatic rings. The Morgan fingerprint density at radius 3 is 2.70 bits per heavy atom. The van der Waals surface area contributed by atoms with Crippen molar-refractivity contribution in [2.24, 2.45) is 7.05 Å². The Morgan fingerprint density at radius 1 is 1.22 bits per heavy atom. The summed E-state index contributed by atoms with van der Waals surface area (Å²) in [5.74, 6) is -0.693. The monoisotopic (exact) mass is 383 g/mol. The summed E-state index contributed by atoms with van der Waals surface area (Å²) in [5.41, 5.74) is 0.662. The number of aromatic carboxylic acids is 1. The minimum atomic E-state index is -1.22. The first-order valence-corrected chi connectivity index (χ1v) is 8.39. The van der Waals surface area contributed by atoms with Gasteiger partial charge in [0.15, 0.2) is 5.69 Å². The SMILES string of the molecule is COc1cccc(-n2nc(C(=O)O)c3c4ccc(Cl)cc4n(C)c3c2=O)c1. The van der Waals surface area contributed by atoms with E-state index in [9.17, 15) is 14.7 Å². The number of halogens is 1. The van der Waals surface area contributed by atoms with Gasteiger partial charge in [-0.1, -0.05) is 23.7 Å². The number of methoxy groups -OCH3 is 1. The Labute approximate surface area is 158 Å². The number of hydrogen-bond acceptors (Lipinski definition) is 4. The van der Waals surface area contributed by atoms with Crippen LogP contribution in [0.2, 0.25) is 5.02 Å². The number of rotatable bonds is 3. The molecule has 8 heteroatoms. The maximum atomic E-state index is 13.2. The number of carboxylic acids is 1. The first kappa shape index (κ1) is 17.1. The Bertz CT molecular complexity index is 1290. The molecule has 136 valence electrons. The first-order chi connectivity index (χ1) is 12.9. The van der Waals surface area contributed by atoms with Gasteiger partial charge in [0.05, 0.1) is 18.3 Å². The fraction of sp³-hybridized carbons (Fsp3) is 0.105. The van der Waals surface area contributed by atoms with Crippen molar-refractivity contribution in [3.05, 3.63) is 63.5 Å². The van der Waals surface area contributed by atoms with E-state index in [4.69, 9.17) is 16.3 Å². The summed E-state index contributed by atoms with van der Waals surface area (Å²) >= 11 is 6.08. The van der Waals surface area contributed by atoms with E-state index in [1.54, 1.807) is 54.1 Å². The third-order valence-electron chi connectivity index (χ3n) is 4.49. The zero-order valence-electron chi connectivity index (χ0n) is 14.4. The van der Waals surface area contributed by atoms with Crippen molar-refractivity contribution in [2.75, 3.05) is 7.11 Å². The summed E-state index contributed by atoms with van der Waals surface area (Å²) in [4.78, 5) is 25.1. The molecule has 2 heterocycles. The van der Waals surface area contributed by atoms with Crippen LogP contribution in [0.3, 0.4) is 0 Å². The zero-order chi connectivity index (χ0) is 19.3. The number of aryl methyl sites for hydroxylation is 1. The third kappa shape index (κ3) is 2.55. The molecule has 4 rings (SSSR count). The molecule has 27 heavy (non-hydrogen) atoms. The minimum Gasteiger partial charge on any atom is -0.497 e. The van der Waals surface area contributed by atoms with E-state index >= 15 is 0 Å². The van der Waals surface area contributed by atoms with Crippen LogP contribution < -0.4 is 10.3 Å². The Hall–Kier alpha value is -3.32. The van der Waals surface area contributed by atoms with Gasteiger partial charge in [-0.05, 0) is 24.3 Å². The molecular formula is C19H14ClN3O4. The summed E-state index contributed by atoms with van der Waals surface area (Å²) in [5, 5.41) is 15.3. The maximum Gasteiger partial charge on any atom is 0.357 e. The highest BCUT2D eigenvalue weighted by atomic mass is 35.5. The van der Waals surface area contributed by atoms with Crippen LogP contribution in [0.25, 0.3) is 27.5 Å². The van der Waals surface area contributed by atoms with Crippen LogP contribution in [0.15, 0.2) is 47.3 Å². The molecule has 0 aliphatic carbocycles. The van der Waals surface area contributed by atoms with Crippen LogP contribution in [-0.4, -0.2) is 32.5 Å². The molecule has 7 nitrogen and oxygen atoms in total. The van der Waals surface area contributed by atoms with Crippen LogP contribution >= 0.6 is 11.6 Å². The Kier molecular flexibility index (Phi) is 3.89. The van der Waals surface area contributed by atoms with Gasteiger partial charge in [0.1, 0.15) is 11.3 Å². The van der Waals surface area contributed by atoms with E-state index in [0.717, 1.165) is 4.68 Å². The summed E-state index contributed by atoms with van der Waals surface area (Å²) in [6, 6.07) is 11.8. The van der Waals surface area contributed by atoms with Crippen molar-refractivity contribution < 1.29 is 14.6 Å². The molecule has 0 aliphatic heterocycles. The molecule has 4 aromatic rings. The number of benzene rings is 2. The predicted molar refractivity (Wildman–Crippen MR) is 102 cm³/mol. The first-order valence-electron chi connectivity index (χ1n) is 8.01. The van der Waals surface area contributed by atoms with Gasteiger partial charge in [0.25, 0.3) is 5.56 Å². The van der Waals surface area contributed by atoms with Crippen molar-refractivity contribution in [1.29, 1.82) is 0 Å². The summed E-state index contributed by atoms with van der Waals surface area (Å²) in [7, 11) is 3.21. The van der Waals surface area contributed by atoms with E-state index < -0.39 is 11.5 Å². The quantitative estimate of drug-likeness (QED) is 0.587. The fourth-order valence-electron chi connectivity index (χ4n) is 3.26. The summed E-state index contributed by atoms with van der Waals surface area (Å²) in [6.07, 6.45) is 0. The molecule has 0 saturated carbocycles. The second kappa shape index (κ2) is 6.14. The number of carboxylic acid groups (broad SMARTS) is 1. The molecule has 0 amide bonds. The number of hydrogen-bond donors (Lipinski definition) is 1. The highest BCUT2D eigenvalue weighted by molar-refractivity contribution is 6.31. The van der Waals surface area contributed by atoms with E-state index in [-0.39, 0.29) is 11.2 Å². The van der Waals surface area contributed by atoms with Crippen molar-refractivity contribution in [2.45, 2.75) is 0 Å². The van der Waals surface area contributed by atoms with Crippen LogP contribution in [0.5, 0.6) is 5.75 Å². The Balaban J connectivity index is 2.19. The molecule has 2 aromatic heterocycles. The van der Waals surface area contributed by atoms with Crippen LogP contribution in [0, 0.1) is 0 Å². The zero-order valence-corrected chi connectivity index (χ0v) is 15.2. The van der Waals surface area contributed by atoms with Gasteiger partial charge in [-0.3, -0.25) is 4.79 Å². The number of ether oxygens (including phenoxy) is 1. The average Bonchev–Trinajstić information content (AvgIpc) is 2.95. The molecule has 0 atom stereocenters. The molecule has 0 unspecified atom stereocenters. The van der Waals surface area contributed by atoms with E-state index in [0.29, 0.717) is 32.7 Å². The number of aromatic nitrogens is 3. The van der Waals surface area contributed by atoms with Gasteiger partial charge in [-0.25, -0.2) is 4.79 Å². The van der Waals surface area contributed by atoms with Gasteiger partial charge in [-0.2, -0.15) is 9.78 Å². The summed E-state index contributed by atoms with van der Waals surface area (Å²) < 4.78 is 7.91. The van der Waals surface area contributed by atoms with E-state index in [1.165, 1.54) is 7.11 Å². The molecule has 0 spiro atoms. The normalized spacial score (nSPS) is 11.2. The third-order valence-corrected chi connectivity index (χ3v) is 4.73. The molecule has 0 bridgehead atoms. The lowest BCUT2D eigenvalue weighted by atomic mass is 10.1. The molecule has 0 saturated heterocycles. The summed E-state index contributed by atoms with van der Waals surface area (Å²) in [6.45, 7) is 0. The highest BCUT2D eigenvalue weighted by Crippen LogP contribution is 2.30. The lowest BCUT2D eigenvalue weighted by Crippen LogP contribution is -2.25. The van der Waals surface area contributed by atoms with E-state index in [2.05, 4.69) is 5.10 Å². The molecule has 0 fully saturated rings. The standard InChI is InChI=1S/C19H14ClN3O4/c1-22-14-8-10(20)6-7-13(14)15-16(19(25)26)21-23(18(24)17(15)22)11-4-3-5-12(9-11)27-2/h3-9H,1-2H3,(H,25,26). The van der Waals surface area contributed by atoms with Gasteiger partial charge >= 0.3 is 5.97 Å². The number of nitrogens with zero attached hydrogens (tertiary/aromatic N) is 3. The molecule has 1 N–H and O–H groups in total. The highest BCUT2D eigenvalue weighted by Gasteiger charge is 2.23. The fourth-order valence-corrected chi connectivity index (χ4v) is 3.43. The van der Waals surface area contributed by atoms with Crippen molar-refractivity contribution in [1.82, 2.24) is 14.3 Å². The average molecular weight is 384 g/mol. The lowest BCUT2D eigenvalue weighted by Gasteiger charge is -2.09. The largest absolute Gasteiger partial charge is 0.497 e. The van der Waals surface area contributed by atoms with Crippen LogP contribution in [-0.2, 0) is 7.05 Å². The molecule has 0 radical (unpaired) electrons. The lowest BCUT2D eigenvalue weighted by molar-refractivity contribution is 0.0691. The van der Waals surface area contributed by atoms with Gasteiger partial charge < -0.3 is 14.4 Å². The van der Waals surface area contributed by atoms with Gasteiger partial charge in [0.2, 0.25) is 0 Å². The van der Waals surface area contributed by atoms with Crippen molar-refractivity contribution in [3.63, 3.8) is 0 Å². The second-order valence-corrected chi connectivity index (χ2v) is 6.45. The Morgan fingerprint density at radius 2 is 2.00 bits per heavy atom. The van der Waals surface area contributed by atoms with Crippen molar-refractivity contribution >= 4 is 39.4 Å². The van der Waals surface area contributed by atoms with Gasteiger partial charge in [-0.15, -0.1) is 0 Å². The van der Waals surface area contributed by atoms with Crippen molar-refractivity contribution in [3.8, 4) is 11.4 Å². The topological polar surface area (TPSA) is 86.3 Å². The van der Waals surface area contributed by atoms with Crippen LogP contribution in [0.4, 0.5) is 0 Å². The second-order valence-electron chi connectivity index (χ2n) is 6.02. The maximum absolute atomic E-state index is 13.2. The van der Waals surface area contributed by atoms with E-state index in [1.807, 2.05) is 0 Å². The van der Waals surface area contributed by atoms with Crippen LogP contribution in [0.1, 0.15) is 10.5 Å². The minimum absolute atomic E-state index is 0.208. The molecule has 2 aromatic carbocycles. The molecular weight excluding hydrogens is 370 g/mol. The van der Waals surface area contributed by atoms with Gasteiger partial charge in [0, 0.05) is 28.9 Å². The predicted octanol–water partition coefficient (Wildman–Crippen LogP) is 3.24.